The maximum Gasteiger partial charge on any atom is 0.120 e. The van der Waals surface area contributed by atoms with Gasteiger partial charge in [-0.3, -0.25) is 4.98 Å². The average Bonchev–Trinajstić information content (AvgIpc) is 2.61. The summed E-state index contributed by atoms with van der Waals surface area (Å²) in [6, 6.07) is 22.2. The molecule has 0 amide bonds. The fourth-order valence-corrected chi connectivity index (χ4v) is 2.20. The van der Waals surface area contributed by atoms with Crippen molar-refractivity contribution in [2.75, 3.05) is 0 Å². The van der Waals surface area contributed by atoms with Crippen LogP contribution in [0.2, 0.25) is 0 Å². The van der Waals surface area contributed by atoms with Crippen LogP contribution in [0.25, 0.3) is 17.2 Å². The molecule has 0 aliphatic rings. The van der Waals surface area contributed by atoms with Crippen LogP contribution >= 0.6 is 0 Å². The van der Waals surface area contributed by atoms with Crippen LogP contribution in [0.4, 0.5) is 0 Å². The Hall–Kier alpha value is -2.87. The highest BCUT2D eigenvalue weighted by molar-refractivity contribution is 5.65. The Bertz CT molecular complexity index is 748. The highest BCUT2D eigenvalue weighted by atomic mass is 16.5. The van der Waals surface area contributed by atoms with E-state index in [1.165, 1.54) is 0 Å². The standard InChI is InChI=1S/C20H17NO/c1-2-19-12-11-18(14-21-19)17-9-6-10-20(13-17)22-15-16-7-4-3-5-8-16/h2-14H,1,15H2. The van der Waals surface area contributed by atoms with Crippen molar-refractivity contribution in [1.29, 1.82) is 0 Å². The number of pyridine rings is 1. The fourth-order valence-electron chi connectivity index (χ4n) is 2.20. The van der Waals surface area contributed by atoms with Gasteiger partial charge in [-0.2, -0.15) is 0 Å². The molecule has 0 unspecified atom stereocenters. The summed E-state index contributed by atoms with van der Waals surface area (Å²) < 4.78 is 5.86. The second-order valence-corrected chi connectivity index (χ2v) is 4.98. The zero-order chi connectivity index (χ0) is 15.2. The fraction of sp³-hybridized carbons (Fsp3) is 0.0500. The first-order valence-corrected chi connectivity index (χ1v) is 7.21. The number of hydrogen-bond donors (Lipinski definition) is 0. The van der Waals surface area contributed by atoms with Crippen molar-refractivity contribution in [3.05, 3.63) is 90.8 Å². The van der Waals surface area contributed by atoms with Gasteiger partial charge in [-0.05, 0) is 35.4 Å². The summed E-state index contributed by atoms with van der Waals surface area (Å²) >= 11 is 0. The lowest BCUT2D eigenvalue weighted by molar-refractivity contribution is 0.306. The lowest BCUT2D eigenvalue weighted by atomic mass is 10.1. The number of benzene rings is 2. The van der Waals surface area contributed by atoms with E-state index >= 15 is 0 Å². The van der Waals surface area contributed by atoms with Gasteiger partial charge >= 0.3 is 0 Å². The lowest BCUT2D eigenvalue weighted by Gasteiger charge is -2.08. The Morgan fingerprint density at radius 3 is 2.50 bits per heavy atom. The van der Waals surface area contributed by atoms with Crippen molar-refractivity contribution in [2.24, 2.45) is 0 Å². The van der Waals surface area contributed by atoms with Crippen molar-refractivity contribution < 1.29 is 4.74 Å². The van der Waals surface area contributed by atoms with Crippen LogP contribution in [0.3, 0.4) is 0 Å². The molecule has 3 aromatic rings. The van der Waals surface area contributed by atoms with Gasteiger partial charge in [0.25, 0.3) is 0 Å². The van der Waals surface area contributed by atoms with Gasteiger partial charge in [-0.25, -0.2) is 0 Å². The first kappa shape index (κ1) is 14.1. The molecule has 0 spiro atoms. The molecule has 22 heavy (non-hydrogen) atoms. The maximum absolute atomic E-state index is 5.86. The van der Waals surface area contributed by atoms with Crippen LogP contribution in [0.5, 0.6) is 5.75 Å². The molecule has 2 aromatic carbocycles. The summed E-state index contributed by atoms with van der Waals surface area (Å²) in [6.45, 7) is 4.29. The molecule has 0 saturated carbocycles. The predicted octanol–water partition coefficient (Wildman–Crippen LogP) is 4.97. The minimum atomic E-state index is 0.567. The maximum atomic E-state index is 5.86. The van der Waals surface area contributed by atoms with E-state index in [1.807, 2.05) is 54.7 Å². The SMILES string of the molecule is C=Cc1ccc(-c2cccc(OCc3ccccc3)c2)cn1. The Morgan fingerprint density at radius 1 is 0.909 bits per heavy atom. The molecule has 0 aliphatic heterocycles. The van der Waals surface area contributed by atoms with Crippen LogP contribution in [0.1, 0.15) is 11.3 Å². The van der Waals surface area contributed by atoms with E-state index in [9.17, 15) is 0 Å². The lowest BCUT2D eigenvalue weighted by Crippen LogP contribution is -1.95. The van der Waals surface area contributed by atoms with Crippen LogP contribution in [0, 0.1) is 0 Å². The van der Waals surface area contributed by atoms with Crippen molar-refractivity contribution >= 4 is 6.08 Å². The van der Waals surface area contributed by atoms with E-state index in [4.69, 9.17) is 4.74 Å². The number of rotatable bonds is 5. The van der Waals surface area contributed by atoms with Crippen LogP contribution in [-0.4, -0.2) is 4.98 Å². The van der Waals surface area contributed by atoms with E-state index in [0.29, 0.717) is 6.61 Å². The summed E-state index contributed by atoms with van der Waals surface area (Å²) in [5.74, 6) is 0.856. The molecular formula is C20H17NO. The molecule has 0 fully saturated rings. The van der Waals surface area contributed by atoms with E-state index in [-0.39, 0.29) is 0 Å². The summed E-state index contributed by atoms with van der Waals surface area (Å²) in [5.41, 5.74) is 4.19. The summed E-state index contributed by atoms with van der Waals surface area (Å²) in [4.78, 5) is 4.34. The molecule has 2 heteroatoms. The van der Waals surface area contributed by atoms with Gasteiger partial charge in [0, 0.05) is 11.8 Å². The van der Waals surface area contributed by atoms with E-state index in [0.717, 1.165) is 28.1 Å². The molecule has 0 aliphatic carbocycles. The molecule has 0 saturated heterocycles. The largest absolute Gasteiger partial charge is 0.489 e. The predicted molar refractivity (Wildman–Crippen MR) is 90.5 cm³/mol. The van der Waals surface area contributed by atoms with E-state index in [2.05, 4.69) is 29.8 Å². The van der Waals surface area contributed by atoms with Crippen molar-refractivity contribution in [3.63, 3.8) is 0 Å². The summed E-state index contributed by atoms with van der Waals surface area (Å²) in [7, 11) is 0. The third-order valence-corrected chi connectivity index (χ3v) is 3.41. The number of hydrogen-bond acceptors (Lipinski definition) is 2. The first-order chi connectivity index (χ1) is 10.8. The van der Waals surface area contributed by atoms with Gasteiger partial charge < -0.3 is 4.74 Å². The van der Waals surface area contributed by atoms with Gasteiger partial charge in [0.1, 0.15) is 12.4 Å². The topological polar surface area (TPSA) is 22.1 Å². The molecule has 3 rings (SSSR count). The minimum absolute atomic E-state index is 0.567. The number of nitrogens with zero attached hydrogens (tertiary/aromatic N) is 1. The molecule has 0 atom stereocenters. The zero-order valence-corrected chi connectivity index (χ0v) is 12.3. The molecular weight excluding hydrogens is 270 g/mol. The average molecular weight is 287 g/mol. The Morgan fingerprint density at radius 2 is 1.77 bits per heavy atom. The second kappa shape index (κ2) is 6.72. The van der Waals surface area contributed by atoms with Gasteiger partial charge in [0.15, 0.2) is 0 Å². The monoisotopic (exact) mass is 287 g/mol. The van der Waals surface area contributed by atoms with Crippen molar-refractivity contribution in [1.82, 2.24) is 4.98 Å². The summed E-state index contributed by atoms with van der Waals surface area (Å²) in [6.07, 6.45) is 3.59. The summed E-state index contributed by atoms with van der Waals surface area (Å²) in [5, 5.41) is 0. The molecule has 0 bridgehead atoms. The van der Waals surface area contributed by atoms with Gasteiger partial charge in [-0.1, -0.05) is 55.1 Å². The van der Waals surface area contributed by atoms with Crippen LogP contribution in [0.15, 0.2) is 79.5 Å². The van der Waals surface area contributed by atoms with Gasteiger partial charge in [-0.15, -0.1) is 0 Å². The molecule has 2 nitrogen and oxygen atoms in total. The second-order valence-electron chi connectivity index (χ2n) is 4.98. The third kappa shape index (κ3) is 3.41. The Kier molecular flexibility index (Phi) is 4.30. The molecule has 1 heterocycles. The minimum Gasteiger partial charge on any atom is -0.489 e. The Balaban J connectivity index is 1.75. The molecule has 1 aromatic heterocycles. The Labute approximate surface area is 130 Å². The molecule has 0 N–H and O–H groups in total. The normalized spacial score (nSPS) is 10.2. The van der Waals surface area contributed by atoms with Gasteiger partial charge in [0.05, 0.1) is 5.69 Å². The molecule has 108 valence electrons. The third-order valence-electron chi connectivity index (χ3n) is 3.41. The van der Waals surface area contributed by atoms with E-state index < -0.39 is 0 Å². The van der Waals surface area contributed by atoms with Gasteiger partial charge in [0.2, 0.25) is 0 Å². The number of ether oxygens (including phenoxy) is 1. The van der Waals surface area contributed by atoms with Crippen molar-refractivity contribution in [3.8, 4) is 16.9 Å². The van der Waals surface area contributed by atoms with Crippen LogP contribution < -0.4 is 4.74 Å². The van der Waals surface area contributed by atoms with Crippen molar-refractivity contribution in [2.45, 2.75) is 6.61 Å². The molecule has 0 radical (unpaired) electrons. The van der Waals surface area contributed by atoms with Crippen LogP contribution in [-0.2, 0) is 6.61 Å². The first-order valence-electron chi connectivity index (χ1n) is 7.21. The van der Waals surface area contributed by atoms with E-state index in [1.54, 1.807) is 6.08 Å². The number of aromatic nitrogens is 1. The highest BCUT2D eigenvalue weighted by Gasteiger charge is 2.01. The highest BCUT2D eigenvalue weighted by Crippen LogP contribution is 2.24. The smallest absolute Gasteiger partial charge is 0.120 e. The quantitative estimate of drug-likeness (QED) is 0.661. The zero-order valence-electron chi connectivity index (χ0n) is 12.3.